The summed E-state index contributed by atoms with van der Waals surface area (Å²) in [4.78, 5) is 29.0. The molecule has 1 unspecified atom stereocenters. The van der Waals surface area contributed by atoms with Crippen LogP contribution in [0.2, 0.25) is 5.02 Å². The number of nitrogens with zero attached hydrogens (tertiary/aromatic N) is 1. The van der Waals surface area contributed by atoms with E-state index in [0.29, 0.717) is 18.0 Å². The molecule has 0 saturated carbocycles. The highest BCUT2D eigenvalue weighted by atomic mass is 79.9. The summed E-state index contributed by atoms with van der Waals surface area (Å²) in [6, 6.07) is 24.2. The normalized spacial score (nSPS) is 12.1. The van der Waals surface area contributed by atoms with Gasteiger partial charge < -0.3 is 10.2 Å². The number of halogens is 2. The molecular formula is C28H30BrClN2O2. The zero-order valence-electron chi connectivity index (χ0n) is 19.7. The number of benzene rings is 3. The maximum absolute atomic E-state index is 13.7. The molecule has 34 heavy (non-hydrogen) atoms. The van der Waals surface area contributed by atoms with Crippen molar-refractivity contribution in [3.63, 3.8) is 0 Å². The Balaban J connectivity index is 2.00. The van der Waals surface area contributed by atoms with Crippen LogP contribution in [0.5, 0.6) is 0 Å². The first kappa shape index (κ1) is 26.0. The van der Waals surface area contributed by atoms with Gasteiger partial charge in [0, 0.05) is 28.0 Å². The number of carbonyl (C=O) groups is 2. The Morgan fingerprint density at radius 3 is 2.24 bits per heavy atom. The van der Waals surface area contributed by atoms with E-state index in [0.717, 1.165) is 21.2 Å². The highest BCUT2D eigenvalue weighted by molar-refractivity contribution is 9.10. The monoisotopic (exact) mass is 540 g/mol. The van der Waals surface area contributed by atoms with Crippen LogP contribution in [0.15, 0.2) is 83.3 Å². The standard InChI is InChI=1S/C28H30BrClN2O2/c1-28(2,3)31-27(34)25(17-20-10-5-4-6-11-20)32(19-21-12-9-14-23(29)16-21)26(33)18-22-13-7-8-15-24(22)30/h4-16,25H,17-19H2,1-3H3,(H,31,34). The van der Waals surface area contributed by atoms with E-state index >= 15 is 0 Å². The molecule has 0 fully saturated rings. The zero-order valence-corrected chi connectivity index (χ0v) is 22.1. The van der Waals surface area contributed by atoms with Gasteiger partial charge in [0.05, 0.1) is 6.42 Å². The molecule has 0 radical (unpaired) electrons. The van der Waals surface area contributed by atoms with Crippen LogP contribution in [0.3, 0.4) is 0 Å². The van der Waals surface area contributed by atoms with E-state index in [4.69, 9.17) is 11.6 Å². The molecule has 0 saturated heterocycles. The summed E-state index contributed by atoms with van der Waals surface area (Å²) in [6.45, 7) is 6.12. The van der Waals surface area contributed by atoms with Crippen molar-refractivity contribution in [2.24, 2.45) is 0 Å². The summed E-state index contributed by atoms with van der Waals surface area (Å²) in [6.07, 6.45) is 0.521. The number of nitrogens with one attached hydrogen (secondary N) is 1. The molecule has 1 atom stereocenters. The first-order valence-corrected chi connectivity index (χ1v) is 12.4. The third-order valence-electron chi connectivity index (χ3n) is 5.31. The molecule has 1 N–H and O–H groups in total. The summed E-state index contributed by atoms with van der Waals surface area (Å²) >= 11 is 9.87. The quantitative estimate of drug-likeness (QED) is 0.369. The lowest BCUT2D eigenvalue weighted by Crippen LogP contribution is -2.54. The molecular weight excluding hydrogens is 512 g/mol. The fourth-order valence-corrected chi connectivity index (χ4v) is 4.39. The van der Waals surface area contributed by atoms with Crippen molar-refractivity contribution in [2.75, 3.05) is 0 Å². The number of amides is 2. The average Bonchev–Trinajstić information content (AvgIpc) is 2.77. The van der Waals surface area contributed by atoms with Crippen LogP contribution >= 0.6 is 27.5 Å². The van der Waals surface area contributed by atoms with E-state index in [1.807, 2.05) is 93.6 Å². The predicted molar refractivity (Wildman–Crippen MR) is 142 cm³/mol. The van der Waals surface area contributed by atoms with E-state index in [2.05, 4.69) is 21.2 Å². The van der Waals surface area contributed by atoms with Gasteiger partial charge in [-0.2, -0.15) is 0 Å². The topological polar surface area (TPSA) is 49.4 Å². The Hall–Kier alpha value is -2.63. The Bertz CT molecular complexity index is 1130. The lowest BCUT2D eigenvalue weighted by molar-refractivity contribution is -0.141. The Labute approximate surface area is 215 Å². The number of rotatable bonds is 8. The van der Waals surface area contributed by atoms with E-state index in [1.165, 1.54) is 0 Å². The van der Waals surface area contributed by atoms with Crippen molar-refractivity contribution < 1.29 is 9.59 Å². The minimum atomic E-state index is -0.685. The van der Waals surface area contributed by atoms with Gasteiger partial charge in [0.1, 0.15) is 6.04 Å². The lowest BCUT2D eigenvalue weighted by atomic mass is 10.00. The molecule has 3 rings (SSSR count). The molecule has 0 spiro atoms. The molecule has 3 aromatic rings. The fourth-order valence-electron chi connectivity index (χ4n) is 3.75. The van der Waals surface area contributed by atoms with Gasteiger partial charge in [0.15, 0.2) is 0 Å². The van der Waals surface area contributed by atoms with Crippen molar-refractivity contribution >= 4 is 39.3 Å². The molecule has 0 bridgehead atoms. The first-order valence-electron chi connectivity index (χ1n) is 11.3. The summed E-state index contributed by atoms with van der Waals surface area (Å²) in [5.74, 6) is -0.336. The van der Waals surface area contributed by atoms with Gasteiger partial charge in [-0.1, -0.05) is 88.2 Å². The van der Waals surface area contributed by atoms with Crippen molar-refractivity contribution in [2.45, 2.75) is 51.7 Å². The summed E-state index contributed by atoms with van der Waals surface area (Å²) in [5, 5.41) is 3.62. The number of hydrogen-bond donors (Lipinski definition) is 1. The van der Waals surface area contributed by atoms with Gasteiger partial charge >= 0.3 is 0 Å². The maximum atomic E-state index is 13.7. The van der Waals surface area contributed by atoms with Crippen molar-refractivity contribution in [3.05, 3.63) is 105 Å². The lowest BCUT2D eigenvalue weighted by Gasteiger charge is -2.34. The second-order valence-electron chi connectivity index (χ2n) is 9.36. The molecule has 6 heteroatoms. The molecule has 0 aliphatic heterocycles. The Morgan fingerprint density at radius 2 is 1.59 bits per heavy atom. The van der Waals surface area contributed by atoms with E-state index in [9.17, 15) is 9.59 Å². The van der Waals surface area contributed by atoms with Crippen LogP contribution in [0.4, 0.5) is 0 Å². The summed E-state index contributed by atoms with van der Waals surface area (Å²) in [7, 11) is 0. The van der Waals surface area contributed by atoms with Gasteiger partial charge in [-0.15, -0.1) is 0 Å². The van der Waals surface area contributed by atoms with E-state index < -0.39 is 11.6 Å². The minimum Gasteiger partial charge on any atom is -0.350 e. The fraction of sp³-hybridized carbons (Fsp3) is 0.286. The predicted octanol–water partition coefficient (Wildman–Crippen LogP) is 6.20. The highest BCUT2D eigenvalue weighted by Crippen LogP contribution is 2.21. The molecule has 0 heterocycles. The maximum Gasteiger partial charge on any atom is 0.243 e. The van der Waals surface area contributed by atoms with Gasteiger partial charge in [-0.3, -0.25) is 9.59 Å². The third kappa shape index (κ3) is 7.71. The van der Waals surface area contributed by atoms with Gasteiger partial charge in [-0.25, -0.2) is 0 Å². The molecule has 4 nitrogen and oxygen atoms in total. The Kier molecular flexibility index (Phi) is 8.92. The summed E-state index contributed by atoms with van der Waals surface area (Å²) < 4.78 is 0.919. The van der Waals surface area contributed by atoms with E-state index in [-0.39, 0.29) is 18.2 Å². The molecule has 0 aliphatic carbocycles. The van der Waals surface area contributed by atoms with Crippen LogP contribution < -0.4 is 5.32 Å². The van der Waals surface area contributed by atoms with Crippen molar-refractivity contribution in [3.8, 4) is 0 Å². The van der Waals surface area contributed by atoms with Crippen LogP contribution in [0, 0.1) is 0 Å². The molecule has 0 aliphatic rings. The van der Waals surface area contributed by atoms with Crippen LogP contribution in [0.1, 0.15) is 37.5 Å². The molecule has 3 aromatic carbocycles. The van der Waals surface area contributed by atoms with Crippen LogP contribution in [-0.2, 0) is 29.0 Å². The largest absolute Gasteiger partial charge is 0.350 e. The number of hydrogen-bond acceptors (Lipinski definition) is 2. The van der Waals surface area contributed by atoms with Gasteiger partial charge in [-0.05, 0) is 55.7 Å². The van der Waals surface area contributed by atoms with Crippen molar-refractivity contribution in [1.29, 1.82) is 0 Å². The zero-order chi connectivity index (χ0) is 24.7. The van der Waals surface area contributed by atoms with Crippen molar-refractivity contribution in [1.82, 2.24) is 10.2 Å². The van der Waals surface area contributed by atoms with Gasteiger partial charge in [0.2, 0.25) is 11.8 Å². The number of carbonyl (C=O) groups excluding carboxylic acids is 2. The van der Waals surface area contributed by atoms with Gasteiger partial charge in [0.25, 0.3) is 0 Å². The molecule has 178 valence electrons. The highest BCUT2D eigenvalue weighted by Gasteiger charge is 2.32. The minimum absolute atomic E-state index is 0.113. The van der Waals surface area contributed by atoms with Crippen LogP contribution in [0.25, 0.3) is 0 Å². The molecule has 2 amide bonds. The Morgan fingerprint density at radius 1 is 0.941 bits per heavy atom. The summed E-state index contributed by atoms with van der Waals surface area (Å²) in [5.41, 5.74) is 2.23. The first-order chi connectivity index (χ1) is 16.1. The third-order valence-corrected chi connectivity index (χ3v) is 6.17. The van der Waals surface area contributed by atoms with E-state index in [1.54, 1.807) is 11.0 Å². The average molecular weight is 542 g/mol. The SMILES string of the molecule is CC(C)(C)NC(=O)C(Cc1ccccc1)N(Cc1cccc(Br)c1)C(=O)Cc1ccccc1Cl. The second-order valence-corrected chi connectivity index (χ2v) is 10.7. The molecule has 0 aromatic heterocycles. The van der Waals surface area contributed by atoms with Crippen LogP contribution in [-0.4, -0.2) is 28.3 Å². The second kappa shape index (κ2) is 11.7. The smallest absolute Gasteiger partial charge is 0.243 e.